The molecule has 0 aromatic carbocycles. The molecule has 0 bridgehead atoms. The zero-order chi connectivity index (χ0) is 18.2. The van der Waals surface area contributed by atoms with Gasteiger partial charge in [0.15, 0.2) is 9.84 Å². The Bertz CT molecular complexity index is 877. The lowest BCUT2D eigenvalue weighted by atomic mass is 9.95. The summed E-state index contributed by atoms with van der Waals surface area (Å²) in [7, 11) is -3.30. The Labute approximate surface area is 151 Å². The maximum absolute atomic E-state index is 12.7. The van der Waals surface area contributed by atoms with Crippen LogP contribution in [-0.4, -0.2) is 70.1 Å². The molecule has 2 aliphatic heterocycles. The minimum absolute atomic E-state index is 0.0489. The second-order valence-electron chi connectivity index (χ2n) is 6.93. The van der Waals surface area contributed by atoms with Crippen molar-refractivity contribution < 1.29 is 17.9 Å². The third-order valence-electron chi connectivity index (χ3n) is 4.89. The molecule has 138 valence electrons. The second-order valence-corrected chi connectivity index (χ2v) is 9.21. The van der Waals surface area contributed by atoms with E-state index in [-0.39, 0.29) is 24.7 Å². The first-order valence-electron chi connectivity index (χ1n) is 8.45. The third kappa shape index (κ3) is 3.36. The maximum atomic E-state index is 12.7. The fraction of sp³-hybridized carbons (Fsp3) is 0.471. The highest BCUT2D eigenvalue weighted by Gasteiger charge is 2.53. The number of pyridine rings is 1. The first-order chi connectivity index (χ1) is 12.5. The van der Waals surface area contributed by atoms with Crippen LogP contribution in [0, 0.1) is 0 Å². The molecule has 0 unspecified atom stereocenters. The quantitative estimate of drug-likeness (QED) is 0.741. The molecule has 4 rings (SSSR count). The molecular weight excluding hydrogens is 356 g/mol. The molecule has 1 amide bonds. The molecule has 2 aliphatic rings. The van der Waals surface area contributed by atoms with E-state index in [4.69, 9.17) is 4.74 Å². The number of likely N-dealkylation sites (tertiary alicyclic amines) is 1. The number of sulfone groups is 1. The molecule has 2 fully saturated rings. The van der Waals surface area contributed by atoms with Crippen molar-refractivity contribution in [2.24, 2.45) is 0 Å². The number of hydrogen-bond donors (Lipinski definition) is 0. The van der Waals surface area contributed by atoms with Crippen molar-refractivity contribution in [2.75, 3.05) is 25.4 Å². The van der Waals surface area contributed by atoms with Gasteiger partial charge in [-0.2, -0.15) is 0 Å². The van der Waals surface area contributed by atoms with Crippen LogP contribution >= 0.6 is 0 Å². The fourth-order valence-corrected chi connectivity index (χ4v) is 5.38. The van der Waals surface area contributed by atoms with Gasteiger partial charge in [0, 0.05) is 30.8 Å². The molecule has 2 aromatic heterocycles. The molecule has 26 heavy (non-hydrogen) atoms. The van der Waals surface area contributed by atoms with Crippen LogP contribution in [-0.2, 0) is 32.3 Å². The number of aromatic nitrogens is 3. The highest BCUT2D eigenvalue weighted by atomic mass is 32.2. The van der Waals surface area contributed by atoms with Crippen LogP contribution in [0.5, 0.6) is 0 Å². The van der Waals surface area contributed by atoms with Crippen LogP contribution in [0.3, 0.4) is 0 Å². The number of imidazole rings is 1. The molecule has 1 spiro atoms. The Hall–Kier alpha value is -2.26. The van der Waals surface area contributed by atoms with Crippen LogP contribution in [0.4, 0.5) is 0 Å². The zero-order valence-electron chi connectivity index (χ0n) is 14.2. The predicted molar refractivity (Wildman–Crippen MR) is 93.0 cm³/mol. The summed E-state index contributed by atoms with van der Waals surface area (Å²) in [6.45, 7) is 1.11. The number of amides is 1. The Morgan fingerprint density at radius 3 is 2.81 bits per heavy atom. The summed E-state index contributed by atoms with van der Waals surface area (Å²) in [4.78, 5) is 22.1. The SMILES string of the molecule is O=C(Cc1ccccn1)N1CC2(C1)CS(=O)(=O)[C@@H](Cn1ccnc1)CO2. The van der Waals surface area contributed by atoms with E-state index >= 15 is 0 Å². The van der Waals surface area contributed by atoms with Gasteiger partial charge in [0.2, 0.25) is 5.91 Å². The van der Waals surface area contributed by atoms with Gasteiger partial charge in [0.1, 0.15) is 10.9 Å². The largest absolute Gasteiger partial charge is 0.369 e. The van der Waals surface area contributed by atoms with E-state index < -0.39 is 20.7 Å². The summed E-state index contributed by atoms with van der Waals surface area (Å²) >= 11 is 0. The monoisotopic (exact) mass is 376 g/mol. The summed E-state index contributed by atoms with van der Waals surface area (Å²) in [6.07, 6.45) is 6.82. The number of carbonyl (C=O) groups excluding carboxylic acids is 1. The number of nitrogens with zero attached hydrogens (tertiary/aromatic N) is 4. The van der Waals surface area contributed by atoms with Crippen molar-refractivity contribution in [2.45, 2.75) is 23.8 Å². The van der Waals surface area contributed by atoms with Crippen LogP contribution in [0.2, 0.25) is 0 Å². The van der Waals surface area contributed by atoms with Gasteiger partial charge in [-0.3, -0.25) is 9.78 Å². The zero-order valence-corrected chi connectivity index (χ0v) is 15.0. The normalized spacial score (nSPS) is 23.5. The minimum atomic E-state index is -3.30. The molecule has 2 aromatic rings. The van der Waals surface area contributed by atoms with Gasteiger partial charge < -0.3 is 14.2 Å². The van der Waals surface area contributed by atoms with E-state index in [1.54, 1.807) is 46.5 Å². The molecule has 0 N–H and O–H groups in total. The van der Waals surface area contributed by atoms with Crippen molar-refractivity contribution in [1.29, 1.82) is 0 Å². The first kappa shape index (κ1) is 17.2. The molecule has 0 saturated carbocycles. The average molecular weight is 376 g/mol. The van der Waals surface area contributed by atoms with Crippen LogP contribution in [0.15, 0.2) is 43.1 Å². The van der Waals surface area contributed by atoms with Crippen molar-refractivity contribution >= 4 is 15.7 Å². The van der Waals surface area contributed by atoms with Crippen LogP contribution in [0.25, 0.3) is 0 Å². The van der Waals surface area contributed by atoms with Crippen molar-refractivity contribution in [3.8, 4) is 0 Å². The Kier molecular flexibility index (Phi) is 4.28. The van der Waals surface area contributed by atoms with Gasteiger partial charge in [-0.25, -0.2) is 13.4 Å². The molecular formula is C17H20N4O4S. The Morgan fingerprint density at radius 2 is 2.15 bits per heavy atom. The van der Waals surface area contributed by atoms with Gasteiger partial charge in [0.25, 0.3) is 0 Å². The average Bonchev–Trinajstić information content (AvgIpc) is 3.08. The molecule has 1 atom stereocenters. The Balaban J connectivity index is 1.35. The van der Waals surface area contributed by atoms with Gasteiger partial charge in [-0.15, -0.1) is 0 Å². The molecule has 8 nitrogen and oxygen atoms in total. The lowest BCUT2D eigenvalue weighted by Gasteiger charge is -2.52. The number of rotatable bonds is 4. The minimum Gasteiger partial charge on any atom is -0.369 e. The predicted octanol–water partition coefficient (Wildman–Crippen LogP) is -0.0846. The lowest BCUT2D eigenvalue weighted by molar-refractivity contribution is -0.164. The maximum Gasteiger partial charge on any atom is 0.228 e. The molecule has 0 radical (unpaired) electrons. The summed E-state index contributed by atoms with van der Waals surface area (Å²) < 4.78 is 33.0. The standard InChI is InChI=1S/C17H20N4O4S/c22-16(7-14-3-1-2-4-19-14)21-10-17(11-21)12-26(23,24)15(9-25-17)8-20-6-5-18-13-20/h1-6,13,15H,7-12H2/t15-/m0/s1. The lowest BCUT2D eigenvalue weighted by Crippen LogP contribution is -2.70. The van der Waals surface area contributed by atoms with E-state index in [0.29, 0.717) is 25.3 Å². The topological polar surface area (TPSA) is 94.4 Å². The number of carbonyl (C=O) groups is 1. The smallest absolute Gasteiger partial charge is 0.228 e. The van der Waals surface area contributed by atoms with Crippen LogP contribution in [0.1, 0.15) is 5.69 Å². The van der Waals surface area contributed by atoms with E-state index in [0.717, 1.165) is 0 Å². The fourth-order valence-electron chi connectivity index (χ4n) is 3.47. The highest BCUT2D eigenvalue weighted by Crippen LogP contribution is 2.33. The van der Waals surface area contributed by atoms with E-state index in [2.05, 4.69) is 9.97 Å². The molecule has 0 aliphatic carbocycles. The highest BCUT2D eigenvalue weighted by molar-refractivity contribution is 7.92. The Morgan fingerprint density at radius 1 is 1.31 bits per heavy atom. The van der Waals surface area contributed by atoms with Gasteiger partial charge >= 0.3 is 0 Å². The van der Waals surface area contributed by atoms with Gasteiger partial charge in [0.05, 0.1) is 38.2 Å². The van der Waals surface area contributed by atoms with E-state index in [9.17, 15) is 13.2 Å². The summed E-state index contributed by atoms with van der Waals surface area (Å²) in [5.41, 5.74) is -0.0552. The van der Waals surface area contributed by atoms with E-state index in [1.807, 2.05) is 6.07 Å². The number of hydrogen-bond acceptors (Lipinski definition) is 6. The summed E-state index contributed by atoms with van der Waals surface area (Å²) in [5.74, 6) is -0.108. The molecule has 2 saturated heterocycles. The third-order valence-corrected chi connectivity index (χ3v) is 7.12. The second kappa shape index (κ2) is 6.48. The first-order valence-corrected chi connectivity index (χ1v) is 10.2. The summed E-state index contributed by atoms with van der Waals surface area (Å²) in [6, 6.07) is 5.44. The summed E-state index contributed by atoms with van der Waals surface area (Å²) in [5, 5.41) is -0.583. The molecule has 4 heterocycles. The van der Waals surface area contributed by atoms with E-state index in [1.165, 1.54) is 0 Å². The molecule has 9 heteroatoms. The van der Waals surface area contributed by atoms with Gasteiger partial charge in [-0.1, -0.05) is 6.07 Å². The van der Waals surface area contributed by atoms with Crippen molar-refractivity contribution in [3.05, 3.63) is 48.8 Å². The van der Waals surface area contributed by atoms with Crippen molar-refractivity contribution in [3.63, 3.8) is 0 Å². The number of ether oxygens (including phenoxy) is 1. The van der Waals surface area contributed by atoms with Crippen LogP contribution < -0.4 is 0 Å². The van der Waals surface area contributed by atoms with Crippen molar-refractivity contribution in [1.82, 2.24) is 19.4 Å². The van der Waals surface area contributed by atoms with Gasteiger partial charge in [-0.05, 0) is 12.1 Å².